The number of nitrogens with zero attached hydrogens (tertiary/aromatic N) is 6. The molecule has 6 aromatic rings. The number of ether oxygens (including phenoxy) is 2. The number of rotatable bonds is 4. The second-order valence-electron chi connectivity index (χ2n) is 9.31. The smallest absolute Gasteiger partial charge is 0.230 e. The van der Waals surface area contributed by atoms with Gasteiger partial charge in [-0.25, -0.2) is 19.2 Å². The lowest BCUT2D eigenvalue weighted by Gasteiger charge is -2.27. The second-order valence-corrected chi connectivity index (χ2v) is 9.31. The molecular formula is C30H24N6O2. The van der Waals surface area contributed by atoms with Crippen molar-refractivity contribution in [3.63, 3.8) is 0 Å². The fourth-order valence-corrected chi connectivity index (χ4v) is 5.28. The first-order valence-electron chi connectivity index (χ1n) is 12.4. The standard InChI is InChI=1S/C30H24N6O2/c1-18-11-7-8-14-21(18)27-32-28-26-25(22-15-9-10-16-23(22)37-3)24-19(2)33-36(20-12-5-4-6-13-20)30(24)38-29(26)31-17-35(28)34-27/h4-17,25H,1-3H3. The molecule has 0 spiro atoms. The molecule has 0 amide bonds. The van der Waals surface area contributed by atoms with E-state index in [9.17, 15) is 0 Å². The van der Waals surface area contributed by atoms with Gasteiger partial charge in [-0.3, -0.25) is 0 Å². The van der Waals surface area contributed by atoms with Crippen molar-refractivity contribution in [2.75, 3.05) is 7.11 Å². The summed E-state index contributed by atoms with van der Waals surface area (Å²) in [6.07, 6.45) is 1.66. The molecule has 1 atom stereocenters. The average molecular weight is 501 g/mol. The Morgan fingerprint density at radius 1 is 0.842 bits per heavy atom. The zero-order chi connectivity index (χ0) is 25.8. The number of aromatic nitrogens is 6. The third-order valence-electron chi connectivity index (χ3n) is 7.06. The lowest BCUT2D eigenvalue weighted by atomic mass is 9.84. The molecule has 1 unspecified atom stereocenters. The van der Waals surface area contributed by atoms with Gasteiger partial charge in [0.25, 0.3) is 0 Å². The van der Waals surface area contributed by atoms with Crippen LogP contribution in [0.25, 0.3) is 22.7 Å². The number of hydrogen-bond donors (Lipinski definition) is 0. The van der Waals surface area contributed by atoms with Gasteiger partial charge in [0.2, 0.25) is 11.8 Å². The molecule has 3 aromatic heterocycles. The Labute approximate surface area is 219 Å². The third-order valence-corrected chi connectivity index (χ3v) is 7.06. The van der Waals surface area contributed by atoms with Crippen molar-refractivity contribution >= 4 is 5.65 Å². The highest BCUT2D eigenvalue weighted by atomic mass is 16.5. The molecule has 3 aromatic carbocycles. The van der Waals surface area contributed by atoms with Crippen molar-refractivity contribution < 1.29 is 9.47 Å². The van der Waals surface area contributed by atoms with Gasteiger partial charge in [0, 0.05) is 11.1 Å². The summed E-state index contributed by atoms with van der Waals surface area (Å²) in [7, 11) is 1.69. The van der Waals surface area contributed by atoms with Crippen LogP contribution in [0.1, 0.15) is 33.9 Å². The molecule has 38 heavy (non-hydrogen) atoms. The normalized spacial score (nSPS) is 14.1. The predicted molar refractivity (Wildman–Crippen MR) is 143 cm³/mol. The van der Waals surface area contributed by atoms with Gasteiger partial charge < -0.3 is 9.47 Å². The first kappa shape index (κ1) is 22.2. The maximum Gasteiger partial charge on any atom is 0.230 e. The Balaban J connectivity index is 1.52. The van der Waals surface area contributed by atoms with Crippen LogP contribution >= 0.6 is 0 Å². The molecule has 0 fully saturated rings. The van der Waals surface area contributed by atoms with Crippen LogP contribution < -0.4 is 9.47 Å². The van der Waals surface area contributed by atoms with Crippen molar-refractivity contribution in [3.05, 3.63) is 113 Å². The molecular weight excluding hydrogens is 476 g/mol. The molecule has 7 rings (SSSR count). The number of fused-ring (bicyclic) bond motifs is 4. The maximum atomic E-state index is 6.52. The number of aryl methyl sites for hydroxylation is 2. The second kappa shape index (κ2) is 8.55. The summed E-state index contributed by atoms with van der Waals surface area (Å²) in [5.41, 5.74) is 7.27. The molecule has 0 radical (unpaired) electrons. The number of benzene rings is 3. The highest BCUT2D eigenvalue weighted by molar-refractivity contribution is 5.70. The molecule has 8 nitrogen and oxygen atoms in total. The van der Waals surface area contributed by atoms with E-state index in [-0.39, 0.29) is 5.92 Å². The molecule has 1 aliphatic rings. The van der Waals surface area contributed by atoms with Crippen LogP contribution in [0.3, 0.4) is 0 Å². The van der Waals surface area contributed by atoms with Crippen molar-refractivity contribution in [1.29, 1.82) is 0 Å². The van der Waals surface area contributed by atoms with E-state index >= 15 is 0 Å². The lowest BCUT2D eigenvalue weighted by molar-refractivity contribution is 0.393. The zero-order valence-corrected chi connectivity index (χ0v) is 21.2. The van der Waals surface area contributed by atoms with Crippen LogP contribution in [0.5, 0.6) is 17.5 Å². The molecule has 1 aliphatic heterocycles. The fraction of sp³-hybridized carbons (Fsp3) is 0.133. The van der Waals surface area contributed by atoms with E-state index < -0.39 is 0 Å². The van der Waals surface area contributed by atoms with E-state index in [1.165, 1.54) is 0 Å². The molecule has 186 valence electrons. The summed E-state index contributed by atoms with van der Waals surface area (Å²) in [5.74, 6) is 2.23. The Morgan fingerprint density at radius 3 is 2.42 bits per heavy atom. The Kier molecular flexibility index (Phi) is 5.00. The average Bonchev–Trinajstić information content (AvgIpc) is 3.54. The van der Waals surface area contributed by atoms with Crippen molar-refractivity contribution in [2.24, 2.45) is 0 Å². The largest absolute Gasteiger partial charge is 0.496 e. The Bertz CT molecular complexity index is 1820. The van der Waals surface area contributed by atoms with E-state index in [2.05, 4.69) is 19.1 Å². The minimum atomic E-state index is -0.285. The van der Waals surface area contributed by atoms with E-state index in [0.717, 1.165) is 44.9 Å². The van der Waals surface area contributed by atoms with Gasteiger partial charge >= 0.3 is 0 Å². The number of hydrogen-bond acceptors (Lipinski definition) is 6. The SMILES string of the molecule is COc1ccccc1C1c2c(C)nn(-c3ccccc3)c2Oc2ncn3nc(-c4ccccc4C)nc3c21. The van der Waals surface area contributed by atoms with Crippen LogP contribution in [0.15, 0.2) is 85.2 Å². The van der Waals surface area contributed by atoms with Crippen molar-refractivity contribution in [1.82, 2.24) is 29.4 Å². The molecule has 0 saturated heterocycles. The first-order chi connectivity index (χ1) is 18.6. The van der Waals surface area contributed by atoms with Crippen molar-refractivity contribution in [2.45, 2.75) is 19.8 Å². The molecule has 0 aliphatic carbocycles. The van der Waals surface area contributed by atoms with Gasteiger partial charge in [-0.05, 0) is 37.6 Å². The Morgan fingerprint density at radius 2 is 1.61 bits per heavy atom. The van der Waals surface area contributed by atoms with E-state index in [1.54, 1.807) is 18.0 Å². The highest BCUT2D eigenvalue weighted by Gasteiger charge is 2.39. The van der Waals surface area contributed by atoms with Crippen LogP contribution in [0.4, 0.5) is 0 Å². The predicted octanol–water partition coefficient (Wildman–Crippen LogP) is 5.89. The third kappa shape index (κ3) is 3.30. The number of methoxy groups -OCH3 is 1. The topological polar surface area (TPSA) is 79.4 Å². The first-order valence-corrected chi connectivity index (χ1v) is 12.4. The molecule has 8 heteroatoms. The maximum absolute atomic E-state index is 6.52. The fourth-order valence-electron chi connectivity index (χ4n) is 5.28. The summed E-state index contributed by atoms with van der Waals surface area (Å²) in [4.78, 5) is 9.73. The Hall–Kier alpha value is -4.98. The monoisotopic (exact) mass is 500 g/mol. The van der Waals surface area contributed by atoms with Gasteiger partial charge in [-0.1, -0.05) is 60.7 Å². The minimum absolute atomic E-state index is 0.285. The summed E-state index contributed by atoms with van der Waals surface area (Å²) in [5, 5.41) is 9.69. The minimum Gasteiger partial charge on any atom is -0.496 e. The van der Waals surface area contributed by atoms with E-state index in [0.29, 0.717) is 23.2 Å². The summed E-state index contributed by atoms with van der Waals surface area (Å²) in [6.45, 7) is 4.06. The summed E-state index contributed by atoms with van der Waals surface area (Å²) >= 11 is 0. The molecule has 4 heterocycles. The highest BCUT2D eigenvalue weighted by Crippen LogP contribution is 2.51. The van der Waals surface area contributed by atoms with Crippen LogP contribution in [0, 0.1) is 13.8 Å². The summed E-state index contributed by atoms with van der Waals surface area (Å²) in [6, 6.07) is 26.1. The number of para-hydroxylation sites is 2. The van der Waals surface area contributed by atoms with Crippen LogP contribution in [0.2, 0.25) is 0 Å². The quantitative estimate of drug-likeness (QED) is 0.300. The van der Waals surface area contributed by atoms with Gasteiger partial charge in [0.15, 0.2) is 11.5 Å². The van der Waals surface area contributed by atoms with Gasteiger partial charge in [-0.2, -0.15) is 5.10 Å². The van der Waals surface area contributed by atoms with Crippen LogP contribution in [-0.2, 0) is 0 Å². The van der Waals surface area contributed by atoms with Crippen molar-refractivity contribution in [3.8, 4) is 34.6 Å². The molecule has 0 N–H and O–H groups in total. The van der Waals surface area contributed by atoms with Gasteiger partial charge in [0.05, 0.1) is 35.5 Å². The zero-order valence-electron chi connectivity index (χ0n) is 21.2. The van der Waals surface area contributed by atoms with Gasteiger partial charge in [0.1, 0.15) is 12.1 Å². The lowest BCUT2D eigenvalue weighted by Crippen LogP contribution is -2.16. The van der Waals surface area contributed by atoms with E-state index in [1.807, 2.05) is 78.3 Å². The van der Waals surface area contributed by atoms with Gasteiger partial charge in [-0.15, -0.1) is 5.10 Å². The molecule has 0 bridgehead atoms. The molecule has 0 saturated carbocycles. The van der Waals surface area contributed by atoms with E-state index in [4.69, 9.17) is 29.6 Å². The summed E-state index contributed by atoms with van der Waals surface area (Å²) < 4.78 is 15.9. The van der Waals surface area contributed by atoms with Crippen LogP contribution in [-0.4, -0.2) is 36.5 Å².